The largest absolute Gasteiger partial charge is 0.338 e. The number of nitrogens with zero attached hydrogens (tertiary/aromatic N) is 2. The third-order valence-corrected chi connectivity index (χ3v) is 4.84. The Morgan fingerprint density at radius 2 is 2.30 bits per heavy atom. The van der Waals surface area contributed by atoms with Crippen LogP contribution in [0.1, 0.15) is 35.8 Å². The molecule has 2 N–H and O–H groups in total. The first kappa shape index (κ1) is 19.7. The predicted molar refractivity (Wildman–Crippen MR) is 91.3 cm³/mol. The van der Waals surface area contributed by atoms with Crippen LogP contribution in [0.3, 0.4) is 0 Å². The highest BCUT2D eigenvalue weighted by Crippen LogP contribution is 2.15. The second kappa shape index (κ2) is 10.4. The Kier molecular flexibility index (Phi) is 10.3. The quantitative estimate of drug-likeness (QED) is 0.741. The summed E-state index contributed by atoms with van der Waals surface area (Å²) in [5, 5.41) is 2.77. The molecule has 0 radical (unpaired) electrons. The Balaban J connectivity index is 0.00000361. The summed E-state index contributed by atoms with van der Waals surface area (Å²) in [5.41, 5.74) is 6.04. The Morgan fingerprint density at radius 1 is 1.60 bits per heavy atom. The monoisotopic (exact) mass is 337 g/mol. The maximum atomic E-state index is 12.3. The van der Waals surface area contributed by atoms with Gasteiger partial charge in [-0.1, -0.05) is 6.92 Å². The zero-order valence-corrected chi connectivity index (χ0v) is 14.7. The first-order valence-electron chi connectivity index (χ1n) is 6.59. The molecule has 0 bridgehead atoms. The molecule has 1 rings (SSSR count). The normalized spacial score (nSPS) is 11.8. The molecule has 1 atom stereocenters. The van der Waals surface area contributed by atoms with Gasteiger partial charge in [0.15, 0.2) is 0 Å². The van der Waals surface area contributed by atoms with Crippen LogP contribution in [-0.2, 0) is 6.42 Å². The van der Waals surface area contributed by atoms with Crippen molar-refractivity contribution >= 4 is 41.4 Å². The molecule has 7 heteroatoms. The van der Waals surface area contributed by atoms with Gasteiger partial charge in [-0.25, -0.2) is 4.98 Å². The second-order valence-corrected chi connectivity index (χ2v) is 6.75. The van der Waals surface area contributed by atoms with Gasteiger partial charge in [0.25, 0.3) is 5.91 Å². The van der Waals surface area contributed by atoms with E-state index in [1.807, 2.05) is 24.2 Å². The summed E-state index contributed by atoms with van der Waals surface area (Å²) in [6.45, 7) is 4.81. The number of nitrogens with two attached hydrogens (primary N) is 1. The lowest BCUT2D eigenvalue weighted by Gasteiger charge is -2.24. The molecule has 0 spiro atoms. The van der Waals surface area contributed by atoms with E-state index in [1.54, 1.807) is 4.90 Å². The van der Waals surface area contributed by atoms with Crippen molar-refractivity contribution in [3.05, 3.63) is 16.1 Å². The molecule has 20 heavy (non-hydrogen) atoms. The van der Waals surface area contributed by atoms with Gasteiger partial charge in [-0.05, 0) is 31.4 Å². The number of amides is 1. The van der Waals surface area contributed by atoms with E-state index in [2.05, 4.69) is 18.8 Å². The summed E-state index contributed by atoms with van der Waals surface area (Å²) in [6, 6.07) is 0.242. The van der Waals surface area contributed by atoms with Gasteiger partial charge in [-0.15, -0.1) is 23.7 Å². The van der Waals surface area contributed by atoms with Crippen LogP contribution in [0.5, 0.6) is 0 Å². The predicted octanol–water partition coefficient (Wildman–Crippen LogP) is 2.67. The molecule has 1 aromatic rings. The van der Waals surface area contributed by atoms with E-state index in [-0.39, 0.29) is 24.4 Å². The first-order chi connectivity index (χ1) is 9.10. The fourth-order valence-corrected chi connectivity index (χ4v) is 3.20. The number of halogens is 1. The van der Waals surface area contributed by atoms with Crippen molar-refractivity contribution in [3.8, 4) is 0 Å². The summed E-state index contributed by atoms with van der Waals surface area (Å²) in [5.74, 6) is 2.22. The third-order valence-electron chi connectivity index (χ3n) is 2.99. The third kappa shape index (κ3) is 5.99. The van der Waals surface area contributed by atoms with E-state index in [9.17, 15) is 4.79 Å². The van der Waals surface area contributed by atoms with E-state index >= 15 is 0 Å². The molecule has 1 unspecified atom stereocenters. The lowest BCUT2D eigenvalue weighted by molar-refractivity contribution is 0.0736. The van der Waals surface area contributed by atoms with Crippen LogP contribution in [0.2, 0.25) is 0 Å². The Labute approximate surface area is 135 Å². The van der Waals surface area contributed by atoms with Gasteiger partial charge >= 0.3 is 0 Å². The molecule has 1 amide bonds. The Hall–Kier alpha value is -0.300. The maximum Gasteiger partial charge on any atom is 0.273 e. The molecule has 0 saturated heterocycles. The zero-order chi connectivity index (χ0) is 14.3. The number of hydrogen-bond acceptors (Lipinski definition) is 5. The van der Waals surface area contributed by atoms with Crippen LogP contribution in [0.25, 0.3) is 0 Å². The van der Waals surface area contributed by atoms with E-state index in [1.165, 1.54) is 11.3 Å². The van der Waals surface area contributed by atoms with Crippen LogP contribution in [0.15, 0.2) is 5.38 Å². The van der Waals surface area contributed by atoms with Crippen molar-refractivity contribution < 1.29 is 4.79 Å². The standard InChI is InChI=1S/C13H23N3OS2.ClH/c1-4-18-8-6-10(2)16(3)13(17)11-9-19-12(15-11)5-7-14;/h9-10H,4-8,14H2,1-3H3;1H. The minimum atomic E-state index is 0. The topological polar surface area (TPSA) is 59.2 Å². The van der Waals surface area contributed by atoms with Crippen molar-refractivity contribution in [1.29, 1.82) is 0 Å². The highest BCUT2D eigenvalue weighted by Gasteiger charge is 2.19. The molecule has 0 aromatic carbocycles. The van der Waals surface area contributed by atoms with Gasteiger partial charge in [0.1, 0.15) is 5.69 Å². The lowest BCUT2D eigenvalue weighted by Crippen LogP contribution is -2.35. The number of carbonyl (C=O) groups excluding carboxylic acids is 1. The lowest BCUT2D eigenvalue weighted by atomic mass is 10.2. The van der Waals surface area contributed by atoms with E-state index in [4.69, 9.17) is 5.73 Å². The number of carbonyl (C=O) groups is 1. The SMILES string of the molecule is CCSCCC(C)N(C)C(=O)c1csc(CCN)n1.Cl. The van der Waals surface area contributed by atoms with Crippen LogP contribution in [0, 0.1) is 0 Å². The van der Waals surface area contributed by atoms with Gasteiger partial charge in [-0.3, -0.25) is 4.79 Å². The minimum Gasteiger partial charge on any atom is -0.338 e. The molecule has 0 fully saturated rings. The summed E-state index contributed by atoms with van der Waals surface area (Å²) >= 11 is 3.42. The van der Waals surface area contributed by atoms with Crippen molar-refractivity contribution in [2.24, 2.45) is 5.73 Å². The number of hydrogen-bond donors (Lipinski definition) is 1. The van der Waals surface area contributed by atoms with Gasteiger partial charge in [0.2, 0.25) is 0 Å². The van der Waals surface area contributed by atoms with Gasteiger partial charge < -0.3 is 10.6 Å². The van der Waals surface area contributed by atoms with Crippen LogP contribution in [-0.4, -0.2) is 46.9 Å². The van der Waals surface area contributed by atoms with Crippen LogP contribution < -0.4 is 5.73 Å². The number of rotatable bonds is 8. The molecular weight excluding hydrogens is 314 g/mol. The molecule has 4 nitrogen and oxygen atoms in total. The Morgan fingerprint density at radius 3 is 2.90 bits per heavy atom. The van der Waals surface area contributed by atoms with Crippen molar-refractivity contribution in [2.75, 3.05) is 25.1 Å². The maximum absolute atomic E-state index is 12.3. The van der Waals surface area contributed by atoms with Crippen molar-refractivity contribution in [2.45, 2.75) is 32.7 Å². The zero-order valence-electron chi connectivity index (χ0n) is 12.3. The van der Waals surface area contributed by atoms with Crippen LogP contribution >= 0.6 is 35.5 Å². The molecule has 0 aliphatic carbocycles. The van der Waals surface area contributed by atoms with Crippen molar-refractivity contribution in [3.63, 3.8) is 0 Å². The average Bonchev–Trinajstić information content (AvgIpc) is 2.86. The summed E-state index contributed by atoms with van der Waals surface area (Å²) < 4.78 is 0. The minimum absolute atomic E-state index is 0. The highest BCUT2D eigenvalue weighted by molar-refractivity contribution is 7.99. The van der Waals surface area contributed by atoms with E-state index < -0.39 is 0 Å². The molecule has 0 saturated carbocycles. The van der Waals surface area contributed by atoms with Gasteiger partial charge in [-0.2, -0.15) is 11.8 Å². The van der Waals surface area contributed by atoms with E-state index in [0.717, 1.165) is 29.4 Å². The first-order valence-corrected chi connectivity index (χ1v) is 8.63. The number of thioether (sulfide) groups is 1. The van der Waals surface area contributed by atoms with Gasteiger partial charge in [0.05, 0.1) is 5.01 Å². The molecule has 1 aromatic heterocycles. The summed E-state index contributed by atoms with van der Waals surface area (Å²) in [6.07, 6.45) is 1.75. The fourth-order valence-electron chi connectivity index (χ4n) is 1.62. The summed E-state index contributed by atoms with van der Waals surface area (Å²) in [7, 11) is 1.85. The molecular formula is C13H24ClN3OS2. The fraction of sp³-hybridized carbons (Fsp3) is 0.692. The van der Waals surface area contributed by atoms with Crippen molar-refractivity contribution in [1.82, 2.24) is 9.88 Å². The molecule has 0 aliphatic heterocycles. The van der Waals surface area contributed by atoms with Crippen LogP contribution in [0.4, 0.5) is 0 Å². The Bertz CT molecular complexity index is 401. The number of aromatic nitrogens is 1. The molecule has 0 aliphatic rings. The highest BCUT2D eigenvalue weighted by atomic mass is 35.5. The summed E-state index contributed by atoms with van der Waals surface area (Å²) in [4.78, 5) is 18.4. The number of thiazole rings is 1. The molecule has 1 heterocycles. The molecule has 116 valence electrons. The van der Waals surface area contributed by atoms with E-state index in [0.29, 0.717) is 12.2 Å². The average molecular weight is 338 g/mol. The van der Waals surface area contributed by atoms with Gasteiger partial charge in [0, 0.05) is 24.9 Å². The second-order valence-electron chi connectivity index (χ2n) is 4.42. The smallest absolute Gasteiger partial charge is 0.273 e.